The van der Waals surface area contributed by atoms with E-state index in [1.807, 2.05) is 6.07 Å². The number of nitrogens with zero attached hydrogens (tertiary/aromatic N) is 3. The summed E-state index contributed by atoms with van der Waals surface area (Å²) < 4.78 is 6.91. The number of rotatable bonds is 6. The van der Waals surface area contributed by atoms with Crippen molar-refractivity contribution in [1.29, 1.82) is 5.26 Å². The fourth-order valence-corrected chi connectivity index (χ4v) is 3.57. The fraction of sp³-hybridized carbons (Fsp3) is 0.300. The first-order chi connectivity index (χ1) is 13.8. The number of nitrogens with one attached hydrogen (secondary N) is 1. The molecule has 0 fully saturated rings. The van der Waals surface area contributed by atoms with Gasteiger partial charge in [-0.15, -0.1) is 11.3 Å². The molecule has 0 spiro atoms. The minimum Gasteiger partial charge on any atom is -0.462 e. The topological polar surface area (TPSA) is 104 Å². The minimum atomic E-state index is -0.747. The third kappa shape index (κ3) is 4.92. The summed E-state index contributed by atoms with van der Waals surface area (Å²) in [5.41, 5.74) is 0.979. The summed E-state index contributed by atoms with van der Waals surface area (Å²) in [6, 6.07) is 8.97. The second-order valence-electron chi connectivity index (χ2n) is 5.94. The Morgan fingerprint density at radius 1 is 1.31 bits per heavy atom. The van der Waals surface area contributed by atoms with Crippen molar-refractivity contribution in [2.75, 3.05) is 23.9 Å². The molecule has 1 aromatic heterocycles. The first-order valence-electron chi connectivity index (χ1n) is 8.96. The Balaban J connectivity index is 2.44. The van der Waals surface area contributed by atoms with Crippen molar-refractivity contribution in [2.45, 2.75) is 27.3 Å². The van der Waals surface area contributed by atoms with Gasteiger partial charge in [0.05, 0.1) is 6.61 Å². The second kappa shape index (κ2) is 9.71. The molecule has 0 saturated carbocycles. The van der Waals surface area contributed by atoms with Crippen LogP contribution >= 0.6 is 11.3 Å². The maximum Gasteiger partial charge on any atom is 0.351 e. The van der Waals surface area contributed by atoms with Gasteiger partial charge < -0.3 is 15.0 Å². The van der Waals surface area contributed by atoms with Crippen LogP contribution in [0.15, 0.2) is 29.1 Å². The van der Waals surface area contributed by atoms with Crippen molar-refractivity contribution in [3.8, 4) is 6.07 Å². The molecule has 0 aliphatic rings. The molecule has 0 atom stereocenters. The quantitative estimate of drug-likeness (QED) is 0.707. The number of benzene rings is 1. The average molecular weight is 414 g/mol. The Labute approximate surface area is 171 Å². The van der Waals surface area contributed by atoms with Gasteiger partial charge in [-0.1, -0.05) is 0 Å². The van der Waals surface area contributed by atoms with Crippen LogP contribution in [0.3, 0.4) is 0 Å². The predicted molar refractivity (Wildman–Crippen MR) is 113 cm³/mol. The van der Waals surface area contributed by atoms with E-state index in [1.54, 1.807) is 45.2 Å². The molecule has 29 heavy (non-hydrogen) atoms. The SMILES string of the molecule is CCOC(=O)/C(C#N)=c1\s/c(=C/Nc2ccc(N(C)C(C)=O)cc2)c(=O)n1CC. The van der Waals surface area contributed by atoms with Gasteiger partial charge in [0.2, 0.25) is 5.91 Å². The highest BCUT2D eigenvalue weighted by Crippen LogP contribution is 2.16. The van der Waals surface area contributed by atoms with Crippen LogP contribution in [-0.2, 0) is 20.9 Å². The molecule has 1 N–H and O–H groups in total. The molecular formula is C20H22N4O4S. The first kappa shape index (κ1) is 21.9. The van der Waals surface area contributed by atoms with Gasteiger partial charge in [-0.25, -0.2) is 4.79 Å². The third-order valence-corrected chi connectivity index (χ3v) is 5.26. The zero-order valence-corrected chi connectivity index (χ0v) is 17.5. The predicted octanol–water partition coefficient (Wildman–Crippen LogP) is 1.000. The number of hydrogen-bond donors (Lipinski definition) is 1. The van der Waals surface area contributed by atoms with E-state index in [0.29, 0.717) is 11.1 Å². The highest BCUT2D eigenvalue weighted by atomic mass is 32.1. The van der Waals surface area contributed by atoms with E-state index in [9.17, 15) is 19.6 Å². The smallest absolute Gasteiger partial charge is 0.351 e. The summed E-state index contributed by atoms with van der Waals surface area (Å²) in [5.74, 6) is -0.821. The zero-order valence-electron chi connectivity index (χ0n) is 16.7. The van der Waals surface area contributed by atoms with Crippen molar-refractivity contribution in [3.05, 3.63) is 43.8 Å². The summed E-state index contributed by atoms with van der Waals surface area (Å²) in [6.07, 6.45) is 1.53. The molecule has 2 aromatic rings. The molecule has 0 aliphatic carbocycles. The lowest BCUT2D eigenvalue weighted by Crippen LogP contribution is -2.32. The van der Waals surface area contributed by atoms with Gasteiger partial charge in [-0.05, 0) is 38.1 Å². The number of amides is 1. The standard InChI is InChI=1S/C20H22N4O4S/c1-5-24-18(26)17(29-19(24)16(11-21)20(27)28-6-2)12-22-14-7-9-15(10-8-14)23(4)13(3)25/h7-10,12,22H,5-6H2,1-4H3/b17-12+,19-16-. The number of ether oxygens (including phenoxy) is 1. The molecule has 0 radical (unpaired) electrons. The van der Waals surface area contributed by atoms with E-state index in [4.69, 9.17) is 4.74 Å². The van der Waals surface area contributed by atoms with Gasteiger partial charge in [-0.2, -0.15) is 5.26 Å². The van der Waals surface area contributed by atoms with Crippen molar-refractivity contribution in [3.63, 3.8) is 0 Å². The Bertz CT molecular complexity index is 1120. The lowest BCUT2D eigenvalue weighted by atomic mass is 10.2. The maximum atomic E-state index is 12.6. The van der Waals surface area contributed by atoms with Gasteiger partial charge in [-0.3, -0.25) is 14.2 Å². The van der Waals surface area contributed by atoms with Gasteiger partial charge >= 0.3 is 5.97 Å². The average Bonchev–Trinajstić information content (AvgIpc) is 3.02. The summed E-state index contributed by atoms with van der Waals surface area (Å²) in [5, 5.41) is 12.4. The number of carbonyl (C=O) groups is 2. The monoisotopic (exact) mass is 414 g/mol. The summed E-state index contributed by atoms with van der Waals surface area (Å²) in [7, 11) is 1.68. The Kier molecular flexibility index (Phi) is 7.33. The maximum absolute atomic E-state index is 12.6. The van der Waals surface area contributed by atoms with Crippen LogP contribution in [0.25, 0.3) is 11.8 Å². The largest absolute Gasteiger partial charge is 0.462 e. The molecule has 9 heteroatoms. The number of hydrogen-bond acceptors (Lipinski definition) is 7. The number of esters is 1. The van der Waals surface area contributed by atoms with Crippen LogP contribution in [0.5, 0.6) is 0 Å². The van der Waals surface area contributed by atoms with Crippen LogP contribution in [0.1, 0.15) is 20.8 Å². The van der Waals surface area contributed by atoms with Crippen LogP contribution in [-0.4, -0.2) is 30.1 Å². The Hall–Kier alpha value is -3.38. The highest BCUT2D eigenvalue weighted by Gasteiger charge is 2.16. The molecular weight excluding hydrogens is 392 g/mol. The molecule has 0 aliphatic heterocycles. The third-order valence-electron chi connectivity index (χ3n) is 4.13. The van der Waals surface area contributed by atoms with E-state index in [1.165, 1.54) is 22.6 Å². The molecule has 0 saturated heterocycles. The molecule has 1 amide bonds. The number of nitriles is 1. The summed E-state index contributed by atoms with van der Waals surface area (Å²) in [6.45, 7) is 5.35. The summed E-state index contributed by atoms with van der Waals surface area (Å²) in [4.78, 5) is 37.6. The van der Waals surface area contributed by atoms with E-state index in [2.05, 4.69) is 5.32 Å². The van der Waals surface area contributed by atoms with Crippen LogP contribution in [0.4, 0.5) is 11.4 Å². The molecule has 1 aromatic carbocycles. The molecule has 1 heterocycles. The Morgan fingerprint density at radius 3 is 2.48 bits per heavy atom. The van der Waals surface area contributed by atoms with Gasteiger partial charge in [0, 0.05) is 38.1 Å². The number of carbonyl (C=O) groups excluding carboxylic acids is 2. The summed E-state index contributed by atoms with van der Waals surface area (Å²) >= 11 is 1.05. The number of anilines is 2. The second-order valence-corrected chi connectivity index (χ2v) is 6.97. The molecule has 0 bridgehead atoms. The molecule has 0 unspecified atom stereocenters. The normalized spacial score (nSPS) is 12.2. The van der Waals surface area contributed by atoms with Crippen molar-refractivity contribution >= 4 is 46.4 Å². The number of aromatic nitrogens is 1. The number of thiazole rings is 1. The lowest BCUT2D eigenvalue weighted by molar-refractivity contribution is -0.136. The van der Waals surface area contributed by atoms with E-state index in [0.717, 1.165) is 22.7 Å². The first-order valence-corrected chi connectivity index (χ1v) is 9.77. The van der Waals surface area contributed by atoms with Crippen molar-refractivity contribution in [1.82, 2.24) is 4.57 Å². The van der Waals surface area contributed by atoms with E-state index >= 15 is 0 Å². The van der Waals surface area contributed by atoms with Gasteiger partial charge in [0.15, 0.2) is 5.57 Å². The zero-order chi connectivity index (χ0) is 21.6. The minimum absolute atomic E-state index is 0.0744. The van der Waals surface area contributed by atoms with Gasteiger partial charge in [0.25, 0.3) is 5.56 Å². The van der Waals surface area contributed by atoms with Gasteiger partial charge in [0.1, 0.15) is 15.3 Å². The van der Waals surface area contributed by atoms with E-state index in [-0.39, 0.29) is 28.3 Å². The van der Waals surface area contributed by atoms with Crippen LogP contribution in [0.2, 0.25) is 0 Å². The Morgan fingerprint density at radius 2 is 1.97 bits per heavy atom. The molecule has 8 nitrogen and oxygen atoms in total. The van der Waals surface area contributed by atoms with Crippen molar-refractivity contribution < 1.29 is 14.3 Å². The lowest BCUT2D eigenvalue weighted by Gasteiger charge is -2.15. The van der Waals surface area contributed by atoms with E-state index < -0.39 is 5.97 Å². The fourth-order valence-electron chi connectivity index (χ4n) is 2.49. The van der Waals surface area contributed by atoms with Crippen LogP contribution < -0.4 is 25.0 Å². The highest BCUT2D eigenvalue weighted by molar-refractivity contribution is 7.07. The molecule has 152 valence electrons. The molecule has 2 rings (SSSR count). The van der Waals surface area contributed by atoms with Crippen molar-refractivity contribution in [2.24, 2.45) is 0 Å². The van der Waals surface area contributed by atoms with Crippen LogP contribution in [0, 0.1) is 11.3 Å².